The lowest BCUT2D eigenvalue weighted by atomic mass is 9.88. The molecule has 0 amide bonds. The van der Waals surface area contributed by atoms with Crippen LogP contribution in [-0.4, -0.2) is 39.3 Å². The number of aromatic amines is 1. The smallest absolute Gasteiger partial charge is 0.317 e. The first kappa shape index (κ1) is 28.6. The lowest BCUT2D eigenvalue weighted by Gasteiger charge is -2.22. The lowest BCUT2D eigenvalue weighted by molar-refractivity contribution is 0.419. The van der Waals surface area contributed by atoms with Gasteiger partial charge in [-0.15, -0.1) is 10.2 Å². The highest BCUT2D eigenvalue weighted by Gasteiger charge is 2.28. The van der Waals surface area contributed by atoms with Crippen LogP contribution in [0, 0.1) is 0 Å². The van der Waals surface area contributed by atoms with Gasteiger partial charge in [-0.2, -0.15) is 5.21 Å². The molecule has 10 heteroatoms. The minimum Gasteiger partial charge on any atom is -0.317 e. The normalized spacial score (nSPS) is 14.6. The van der Waals surface area contributed by atoms with Gasteiger partial charge in [-0.1, -0.05) is 98.1 Å². The van der Waals surface area contributed by atoms with E-state index in [2.05, 4.69) is 49.5 Å². The highest BCUT2D eigenvalue weighted by Crippen LogP contribution is 2.35. The van der Waals surface area contributed by atoms with Crippen molar-refractivity contribution >= 4 is 11.2 Å². The zero-order valence-electron chi connectivity index (χ0n) is 25.6. The Balaban J connectivity index is 1.36. The highest BCUT2D eigenvalue weighted by atomic mass is 16.2. The summed E-state index contributed by atoms with van der Waals surface area (Å²) in [6, 6.07) is 26.0. The number of aromatic nitrogens is 8. The molecule has 45 heavy (non-hydrogen) atoms. The van der Waals surface area contributed by atoms with Crippen molar-refractivity contribution in [1.29, 1.82) is 0 Å². The zero-order chi connectivity index (χ0) is 30.9. The second-order valence-corrected chi connectivity index (χ2v) is 11.8. The van der Waals surface area contributed by atoms with E-state index in [9.17, 15) is 9.59 Å². The monoisotopic (exact) mass is 600 g/mol. The molecule has 1 unspecified atom stereocenters. The molecule has 1 fully saturated rings. The average Bonchev–Trinajstić information content (AvgIpc) is 3.75. The van der Waals surface area contributed by atoms with Crippen molar-refractivity contribution in [1.82, 2.24) is 39.3 Å². The summed E-state index contributed by atoms with van der Waals surface area (Å²) in [6.45, 7) is 4.62. The quantitative estimate of drug-likeness (QED) is 0.231. The molecule has 1 saturated carbocycles. The average molecular weight is 601 g/mol. The van der Waals surface area contributed by atoms with Gasteiger partial charge in [0.15, 0.2) is 11.2 Å². The number of H-pyrrole nitrogens is 1. The number of rotatable bonds is 8. The molecule has 1 atom stereocenters. The van der Waals surface area contributed by atoms with Crippen LogP contribution in [0.15, 0.2) is 88.5 Å². The van der Waals surface area contributed by atoms with Gasteiger partial charge in [0.05, 0.1) is 6.04 Å². The van der Waals surface area contributed by atoms with E-state index in [1.807, 2.05) is 68.4 Å². The van der Waals surface area contributed by atoms with E-state index in [1.54, 1.807) is 4.57 Å². The van der Waals surface area contributed by atoms with Crippen LogP contribution < -0.4 is 11.2 Å². The van der Waals surface area contributed by atoms with Crippen LogP contribution >= 0.6 is 0 Å². The molecule has 0 spiro atoms. The maximum atomic E-state index is 14.1. The van der Waals surface area contributed by atoms with Gasteiger partial charge in [0, 0.05) is 24.6 Å². The molecule has 0 saturated heterocycles. The Labute approximate surface area is 260 Å². The topological polar surface area (TPSA) is 116 Å². The number of fused-ring (bicyclic) bond motifs is 1. The van der Waals surface area contributed by atoms with E-state index >= 15 is 0 Å². The molecular formula is C35H36N8O2. The van der Waals surface area contributed by atoms with Crippen LogP contribution in [0.1, 0.15) is 74.9 Å². The first-order valence-electron chi connectivity index (χ1n) is 15.8. The first-order chi connectivity index (χ1) is 22.0. The third-order valence-electron chi connectivity index (χ3n) is 9.17. The zero-order valence-corrected chi connectivity index (χ0v) is 25.6. The van der Waals surface area contributed by atoms with Crippen LogP contribution in [0.3, 0.4) is 0 Å². The van der Waals surface area contributed by atoms with Crippen molar-refractivity contribution in [2.75, 3.05) is 0 Å². The summed E-state index contributed by atoms with van der Waals surface area (Å²) in [5.74, 6) is 1.67. The summed E-state index contributed by atoms with van der Waals surface area (Å²) in [4.78, 5) is 33.1. The number of imidazole rings is 1. The standard InChI is InChI=1S/C35H36N8O2/c1-3-41-34(44)30-33(43(35(41)45)23(2)25-12-6-4-7-13-25)36-32(27-14-8-5-9-15-27)42(30)22-24-18-20-26(21-19-24)28-16-10-11-17-29(28)31-37-39-40-38-31/h4,6-7,10-13,16-21,23,27H,3,5,8-9,14-15,22H2,1-2H3,(H,37,38,39,40). The molecule has 3 aromatic heterocycles. The van der Waals surface area contributed by atoms with Crippen molar-refractivity contribution in [3.8, 4) is 22.5 Å². The molecule has 0 radical (unpaired) electrons. The predicted molar refractivity (Wildman–Crippen MR) is 174 cm³/mol. The van der Waals surface area contributed by atoms with E-state index in [0.717, 1.165) is 59.3 Å². The van der Waals surface area contributed by atoms with Gasteiger partial charge in [-0.25, -0.2) is 9.78 Å². The summed E-state index contributed by atoms with van der Waals surface area (Å²) in [5.41, 5.74) is 5.32. The van der Waals surface area contributed by atoms with Gasteiger partial charge in [0.25, 0.3) is 5.56 Å². The molecule has 7 rings (SSSR count). The fraction of sp³-hybridized carbons (Fsp3) is 0.314. The van der Waals surface area contributed by atoms with E-state index in [0.29, 0.717) is 23.5 Å². The van der Waals surface area contributed by atoms with Crippen LogP contribution in [-0.2, 0) is 13.1 Å². The Kier molecular flexibility index (Phi) is 7.71. The minimum absolute atomic E-state index is 0.234. The fourth-order valence-electron chi connectivity index (χ4n) is 6.79. The van der Waals surface area contributed by atoms with E-state index in [1.165, 1.54) is 11.0 Å². The molecule has 0 aliphatic heterocycles. The molecule has 1 N–H and O–H groups in total. The maximum absolute atomic E-state index is 14.1. The van der Waals surface area contributed by atoms with Crippen molar-refractivity contribution in [3.63, 3.8) is 0 Å². The van der Waals surface area contributed by atoms with E-state index in [4.69, 9.17) is 4.98 Å². The minimum atomic E-state index is -0.323. The van der Waals surface area contributed by atoms with Crippen molar-refractivity contribution in [3.05, 3.63) is 117 Å². The van der Waals surface area contributed by atoms with Gasteiger partial charge < -0.3 is 4.57 Å². The SMILES string of the molecule is CCn1c(=O)c2c(nc(C3CCCCC3)n2Cc2ccc(-c3ccccc3-c3nn[nH]n3)cc2)n(C(C)c2ccccc2)c1=O. The Morgan fingerprint density at radius 2 is 1.58 bits per heavy atom. The maximum Gasteiger partial charge on any atom is 0.333 e. The van der Waals surface area contributed by atoms with Crippen LogP contribution in [0.2, 0.25) is 0 Å². The van der Waals surface area contributed by atoms with Gasteiger partial charge in [0.1, 0.15) is 5.82 Å². The Morgan fingerprint density at radius 1 is 0.867 bits per heavy atom. The number of nitrogens with zero attached hydrogens (tertiary/aromatic N) is 7. The third kappa shape index (κ3) is 5.20. The van der Waals surface area contributed by atoms with Crippen molar-refractivity contribution in [2.45, 2.75) is 71.0 Å². The van der Waals surface area contributed by atoms with Crippen LogP contribution in [0.4, 0.5) is 0 Å². The van der Waals surface area contributed by atoms with Gasteiger partial charge in [0.2, 0.25) is 5.82 Å². The van der Waals surface area contributed by atoms with E-state index in [-0.39, 0.29) is 29.8 Å². The van der Waals surface area contributed by atoms with Crippen molar-refractivity contribution < 1.29 is 0 Å². The molecule has 228 valence electrons. The number of benzene rings is 3. The summed E-state index contributed by atoms with van der Waals surface area (Å²) in [6.07, 6.45) is 5.52. The van der Waals surface area contributed by atoms with Gasteiger partial charge in [-0.05, 0) is 54.2 Å². The molecule has 1 aliphatic carbocycles. The Bertz CT molecular complexity index is 2050. The predicted octanol–water partition coefficient (Wildman–Crippen LogP) is 5.93. The van der Waals surface area contributed by atoms with Crippen LogP contribution in [0.25, 0.3) is 33.7 Å². The summed E-state index contributed by atoms with van der Waals surface area (Å²) in [5, 5.41) is 14.6. The summed E-state index contributed by atoms with van der Waals surface area (Å²) >= 11 is 0. The first-order valence-corrected chi connectivity index (χ1v) is 15.8. The summed E-state index contributed by atoms with van der Waals surface area (Å²) in [7, 11) is 0. The largest absolute Gasteiger partial charge is 0.333 e. The molecule has 1 aliphatic rings. The highest BCUT2D eigenvalue weighted by molar-refractivity contribution is 5.80. The summed E-state index contributed by atoms with van der Waals surface area (Å²) < 4.78 is 5.16. The molecular weight excluding hydrogens is 564 g/mol. The molecule has 3 aromatic carbocycles. The Hall–Kier alpha value is -5.12. The van der Waals surface area contributed by atoms with Crippen molar-refractivity contribution in [2.24, 2.45) is 0 Å². The van der Waals surface area contributed by atoms with Gasteiger partial charge >= 0.3 is 5.69 Å². The number of tetrazole rings is 1. The second-order valence-electron chi connectivity index (χ2n) is 11.8. The van der Waals surface area contributed by atoms with Gasteiger partial charge in [-0.3, -0.25) is 13.9 Å². The number of hydrogen-bond donors (Lipinski definition) is 1. The molecule has 10 nitrogen and oxygen atoms in total. The Morgan fingerprint density at radius 3 is 2.27 bits per heavy atom. The van der Waals surface area contributed by atoms with Crippen LogP contribution in [0.5, 0.6) is 0 Å². The molecule has 0 bridgehead atoms. The lowest BCUT2D eigenvalue weighted by Crippen LogP contribution is -2.41. The number of hydrogen-bond acceptors (Lipinski definition) is 6. The molecule has 3 heterocycles. The second kappa shape index (κ2) is 12.1. The number of nitrogens with one attached hydrogen (secondary N) is 1. The molecule has 6 aromatic rings. The third-order valence-corrected chi connectivity index (χ3v) is 9.17. The fourth-order valence-corrected chi connectivity index (χ4v) is 6.79. The van der Waals surface area contributed by atoms with E-state index < -0.39 is 0 Å².